The van der Waals surface area contributed by atoms with Crippen LogP contribution in [-0.4, -0.2) is 10.8 Å². The first-order chi connectivity index (χ1) is 10.3. The molecule has 0 saturated heterocycles. The van der Waals surface area contributed by atoms with Crippen LogP contribution in [0.1, 0.15) is 32.1 Å². The van der Waals surface area contributed by atoms with Gasteiger partial charge in [-0.3, -0.25) is 5.43 Å². The third-order valence-electron chi connectivity index (χ3n) is 3.78. The molecule has 3 rings (SSSR count). The standard InChI is InChI=1S/C17H19N3S/c21-17(20-19-14-9-2-1-3-10-14)18-16-12-6-8-13-7-4-5-11-15(13)16/h4-8,11-12H,1-3,9-10H2,(H2,18,20,21). The van der Waals surface area contributed by atoms with Gasteiger partial charge in [0, 0.05) is 16.8 Å². The molecule has 3 nitrogen and oxygen atoms in total. The first-order valence-electron chi connectivity index (χ1n) is 7.43. The SMILES string of the molecule is S=C(NN=C1CCCCC1)Nc1cccc2ccccc12. The van der Waals surface area contributed by atoms with E-state index in [1.165, 1.54) is 30.4 Å². The van der Waals surface area contributed by atoms with Gasteiger partial charge in [0.15, 0.2) is 5.11 Å². The first kappa shape index (κ1) is 14.0. The maximum atomic E-state index is 5.34. The van der Waals surface area contributed by atoms with E-state index in [0.29, 0.717) is 5.11 Å². The van der Waals surface area contributed by atoms with Crippen LogP contribution in [-0.2, 0) is 0 Å². The summed E-state index contributed by atoms with van der Waals surface area (Å²) in [4.78, 5) is 0. The van der Waals surface area contributed by atoms with Gasteiger partial charge in [0.1, 0.15) is 0 Å². The smallest absolute Gasteiger partial charge is 0.191 e. The van der Waals surface area contributed by atoms with E-state index in [4.69, 9.17) is 12.2 Å². The van der Waals surface area contributed by atoms with Crippen LogP contribution in [0.5, 0.6) is 0 Å². The number of hydrogen-bond donors (Lipinski definition) is 2. The lowest BCUT2D eigenvalue weighted by atomic mass is 9.99. The highest BCUT2D eigenvalue weighted by Gasteiger charge is 2.07. The van der Waals surface area contributed by atoms with Gasteiger partial charge in [-0.25, -0.2) is 0 Å². The Morgan fingerprint density at radius 1 is 0.952 bits per heavy atom. The van der Waals surface area contributed by atoms with Crippen molar-refractivity contribution in [1.82, 2.24) is 5.43 Å². The lowest BCUT2D eigenvalue weighted by Gasteiger charge is -2.14. The molecule has 0 aliphatic heterocycles. The minimum Gasteiger partial charge on any atom is -0.331 e. The number of rotatable bonds is 2. The highest BCUT2D eigenvalue weighted by molar-refractivity contribution is 7.80. The van der Waals surface area contributed by atoms with Crippen LogP contribution >= 0.6 is 12.2 Å². The maximum absolute atomic E-state index is 5.34. The van der Waals surface area contributed by atoms with Crippen molar-refractivity contribution < 1.29 is 0 Å². The van der Waals surface area contributed by atoms with Crippen LogP contribution in [0, 0.1) is 0 Å². The molecule has 0 radical (unpaired) electrons. The Kier molecular flexibility index (Phi) is 4.46. The number of benzene rings is 2. The number of anilines is 1. The molecule has 2 aromatic rings. The van der Waals surface area contributed by atoms with Crippen LogP contribution < -0.4 is 10.7 Å². The van der Waals surface area contributed by atoms with E-state index in [-0.39, 0.29) is 0 Å². The summed E-state index contributed by atoms with van der Waals surface area (Å²) in [7, 11) is 0. The summed E-state index contributed by atoms with van der Waals surface area (Å²) in [5.41, 5.74) is 5.21. The van der Waals surface area contributed by atoms with Crippen molar-refractivity contribution in [1.29, 1.82) is 0 Å². The molecule has 0 heterocycles. The van der Waals surface area contributed by atoms with Crippen molar-refractivity contribution in [2.24, 2.45) is 5.10 Å². The van der Waals surface area contributed by atoms with Crippen molar-refractivity contribution in [2.75, 3.05) is 5.32 Å². The monoisotopic (exact) mass is 297 g/mol. The van der Waals surface area contributed by atoms with Crippen LogP contribution in [0.4, 0.5) is 5.69 Å². The molecule has 108 valence electrons. The average molecular weight is 297 g/mol. The Morgan fingerprint density at radius 2 is 1.71 bits per heavy atom. The number of nitrogens with one attached hydrogen (secondary N) is 2. The molecule has 2 aromatic carbocycles. The fraction of sp³-hybridized carbons (Fsp3) is 0.294. The molecule has 1 aliphatic carbocycles. The minimum atomic E-state index is 0.546. The van der Waals surface area contributed by atoms with Crippen molar-refractivity contribution in [3.63, 3.8) is 0 Å². The molecule has 0 unspecified atom stereocenters. The molecule has 1 fully saturated rings. The summed E-state index contributed by atoms with van der Waals surface area (Å²) in [6.07, 6.45) is 5.97. The van der Waals surface area contributed by atoms with Crippen LogP contribution in [0.15, 0.2) is 47.6 Å². The predicted octanol–water partition coefficient (Wildman–Crippen LogP) is 4.45. The summed E-state index contributed by atoms with van der Waals surface area (Å²) >= 11 is 5.34. The largest absolute Gasteiger partial charge is 0.331 e. The molecule has 0 spiro atoms. The summed E-state index contributed by atoms with van der Waals surface area (Å²) in [6, 6.07) is 14.4. The number of hydrogen-bond acceptors (Lipinski definition) is 2. The Bertz CT molecular complexity index is 665. The van der Waals surface area contributed by atoms with E-state index in [0.717, 1.165) is 23.9 Å². The van der Waals surface area contributed by atoms with Gasteiger partial charge in [-0.15, -0.1) is 0 Å². The number of hydrazone groups is 1. The Labute approximate surface area is 130 Å². The van der Waals surface area contributed by atoms with E-state index in [2.05, 4.69) is 34.0 Å². The van der Waals surface area contributed by atoms with Crippen molar-refractivity contribution >= 4 is 39.5 Å². The lowest BCUT2D eigenvalue weighted by Crippen LogP contribution is -2.25. The van der Waals surface area contributed by atoms with Gasteiger partial charge in [-0.2, -0.15) is 5.10 Å². The molecule has 1 aliphatic rings. The molecule has 0 atom stereocenters. The number of thiocarbonyl (C=S) groups is 1. The second-order valence-electron chi connectivity index (χ2n) is 5.33. The average Bonchev–Trinajstić information content (AvgIpc) is 2.54. The second-order valence-corrected chi connectivity index (χ2v) is 5.74. The zero-order valence-corrected chi connectivity index (χ0v) is 12.7. The number of nitrogens with zero attached hydrogens (tertiary/aromatic N) is 1. The fourth-order valence-electron chi connectivity index (χ4n) is 2.69. The fourth-order valence-corrected chi connectivity index (χ4v) is 2.84. The highest BCUT2D eigenvalue weighted by Crippen LogP contribution is 2.22. The summed E-state index contributed by atoms with van der Waals surface area (Å²) in [6.45, 7) is 0. The molecule has 21 heavy (non-hydrogen) atoms. The van der Waals surface area contributed by atoms with Gasteiger partial charge < -0.3 is 5.32 Å². The van der Waals surface area contributed by atoms with E-state index in [1.54, 1.807) is 0 Å². The van der Waals surface area contributed by atoms with Gasteiger partial charge in [0.05, 0.1) is 0 Å². The first-order valence-corrected chi connectivity index (χ1v) is 7.84. The molecule has 0 aromatic heterocycles. The van der Waals surface area contributed by atoms with Crippen molar-refractivity contribution in [2.45, 2.75) is 32.1 Å². The van der Waals surface area contributed by atoms with Crippen molar-refractivity contribution in [3.8, 4) is 0 Å². The Hall–Kier alpha value is -1.94. The van der Waals surface area contributed by atoms with E-state index < -0.39 is 0 Å². The predicted molar refractivity (Wildman–Crippen MR) is 93.8 cm³/mol. The molecular formula is C17H19N3S. The van der Waals surface area contributed by atoms with E-state index >= 15 is 0 Å². The normalized spacial score (nSPS) is 14.8. The molecule has 1 saturated carbocycles. The number of fused-ring (bicyclic) bond motifs is 1. The van der Waals surface area contributed by atoms with Crippen molar-refractivity contribution in [3.05, 3.63) is 42.5 Å². The van der Waals surface area contributed by atoms with Gasteiger partial charge in [-0.05, 0) is 49.4 Å². The zero-order valence-electron chi connectivity index (χ0n) is 11.9. The van der Waals surface area contributed by atoms with Crippen LogP contribution in [0.25, 0.3) is 10.8 Å². The molecule has 0 bridgehead atoms. The Morgan fingerprint density at radius 3 is 2.57 bits per heavy atom. The van der Waals surface area contributed by atoms with E-state index in [1.807, 2.05) is 24.3 Å². The lowest BCUT2D eigenvalue weighted by molar-refractivity contribution is 0.661. The van der Waals surface area contributed by atoms with Crippen LogP contribution in [0.3, 0.4) is 0 Å². The zero-order chi connectivity index (χ0) is 14.5. The third kappa shape index (κ3) is 3.58. The maximum Gasteiger partial charge on any atom is 0.191 e. The summed E-state index contributed by atoms with van der Waals surface area (Å²) in [5.74, 6) is 0. The molecular weight excluding hydrogens is 278 g/mol. The molecule has 2 N–H and O–H groups in total. The third-order valence-corrected chi connectivity index (χ3v) is 3.98. The summed E-state index contributed by atoms with van der Waals surface area (Å²) in [5, 5.41) is 10.6. The van der Waals surface area contributed by atoms with Crippen LogP contribution in [0.2, 0.25) is 0 Å². The molecule has 4 heteroatoms. The Balaban J connectivity index is 1.69. The molecule has 0 amide bonds. The summed E-state index contributed by atoms with van der Waals surface area (Å²) < 4.78 is 0. The minimum absolute atomic E-state index is 0.546. The topological polar surface area (TPSA) is 36.4 Å². The quantitative estimate of drug-likeness (QED) is 0.635. The van der Waals surface area contributed by atoms with E-state index in [9.17, 15) is 0 Å². The van der Waals surface area contributed by atoms with Gasteiger partial charge in [0.2, 0.25) is 0 Å². The van der Waals surface area contributed by atoms with Gasteiger partial charge in [-0.1, -0.05) is 42.8 Å². The highest BCUT2D eigenvalue weighted by atomic mass is 32.1. The van der Waals surface area contributed by atoms with Gasteiger partial charge >= 0.3 is 0 Å². The van der Waals surface area contributed by atoms with Gasteiger partial charge in [0.25, 0.3) is 0 Å². The second kappa shape index (κ2) is 6.68.